The molecule has 1 saturated heterocycles. The number of ether oxygens (including phenoxy) is 1. The average Bonchev–Trinajstić information content (AvgIpc) is 3.40. The van der Waals surface area contributed by atoms with Gasteiger partial charge in [0.15, 0.2) is 11.5 Å². The maximum atomic E-state index is 15.4. The van der Waals surface area contributed by atoms with Gasteiger partial charge in [-0.05, 0) is 45.4 Å². The summed E-state index contributed by atoms with van der Waals surface area (Å²) in [6, 6.07) is 3.38. The average molecular weight is 536 g/mol. The third-order valence-electron chi connectivity index (χ3n) is 5.81. The van der Waals surface area contributed by atoms with Crippen molar-refractivity contribution in [2.75, 3.05) is 24.2 Å². The van der Waals surface area contributed by atoms with Crippen molar-refractivity contribution >= 4 is 45.1 Å². The molecule has 10 nitrogen and oxygen atoms in total. The predicted octanol–water partition coefficient (Wildman–Crippen LogP) is 2.78. The lowest BCUT2D eigenvalue weighted by Gasteiger charge is -2.15. The lowest BCUT2D eigenvalue weighted by Crippen LogP contribution is -2.34. The molecule has 14 heteroatoms. The zero-order valence-corrected chi connectivity index (χ0v) is 21.9. The summed E-state index contributed by atoms with van der Waals surface area (Å²) in [6.45, 7) is 7.38. The molecule has 4 rings (SSSR count). The van der Waals surface area contributed by atoms with Gasteiger partial charge in [-0.15, -0.1) is 0 Å². The van der Waals surface area contributed by atoms with Gasteiger partial charge in [-0.25, -0.2) is 26.9 Å². The van der Waals surface area contributed by atoms with Crippen LogP contribution < -0.4 is 10.2 Å². The molecular formula is C23H27BF2N4O6S. The Kier molecular flexibility index (Phi) is 7.39. The molecule has 1 fully saturated rings. The molecule has 1 aliphatic heterocycles. The SMILES string of the molecule is CCCS(=O)(=O)Nc1c(F)ccc(C(=O)c2nn(C(C)OC)c3ncc(B4OCC(C)(C)O4)cc23)c1F. The second-order valence-corrected chi connectivity index (χ2v) is 11.2. The van der Waals surface area contributed by atoms with Gasteiger partial charge in [0, 0.05) is 18.8 Å². The minimum atomic E-state index is -4.02. The highest BCUT2D eigenvalue weighted by Crippen LogP contribution is 2.28. The Labute approximate surface area is 213 Å². The summed E-state index contributed by atoms with van der Waals surface area (Å²) >= 11 is 0. The Hall–Kier alpha value is -2.94. The van der Waals surface area contributed by atoms with Gasteiger partial charge >= 0.3 is 7.12 Å². The molecule has 0 saturated carbocycles. The van der Waals surface area contributed by atoms with Gasteiger partial charge in [-0.1, -0.05) is 6.92 Å². The highest BCUT2D eigenvalue weighted by Gasteiger charge is 2.39. The normalized spacial score (nSPS) is 16.4. The summed E-state index contributed by atoms with van der Waals surface area (Å²) in [5.74, 6) is -3.74. The van der Waals surface area contributed by atoms with Crippen molar-refractivity contribution in [3.8, 4) is 0 Å². The molecule has 0 aliphatic carbocycles. The summed E-state index contributed by atoms with van der Waals surface area (Å²) < 4.78 is 74.3. The zero-order valence-electron chi connectivity index (χ0n) is 21.0. The largest absolute Gasteiger partial charge is 0.496 e. The second kappa shape index (κ2) is 10.1. The lowest BCUT2D eigenvalue weighted by atomic mass is 9.80. The topological polar surface area (TPSA) is 122 Å². The number of nitrogens with zero attached hydrogens (tertiary/aromatic N) is 3. The van der Waals surface area contributed by atoms with E-state index in [1.54, 1.807) is 19.9 Å². The molecule has 0 spiro atoms. The molecule has 0 amide bonds. The fourth-order valence-electron chi connectivity index (χ4n) is 3.91. The van der Waals surface area contributed by atoms with Crippen molar-refractivity contribution in [3.63, 3.8) is 0 Å². The number of carbonyl (C=O) groups excluding carboxylic acids is 1. The van der Waals surface area contributed by atoms with Crippen LogP contribution in [0.4, 0.5) is 14.5 Å². The first-order chi connectivity index (χ1) is 17.4. The van der Waals surface area contributed by atoms with Crippen molar-refractivity contribution < 1.29 is 36.0 Å². The quantitative estimate of drug-likeness (QED) is 0.328. The Balaban J connectivity index is 1.83. The van der Waals surface area contributed by atoms with Crippen LogP contribution in [-0.4, -0.2) is 61.2 Å². The summed E-state index contributed by atoms with van der Waals surface area (Å²) in [5.41, 5.74) is -1.40. The smallest absolute Gasteiger partial charge is 0.404 e. The van der Waals surface area contributed by atoms with Crippen molar-refractivity contribution in [2.24, 2.45) is 0 Å². The fourth-order valence-corrected chi connectivity index (χ4v) is 5.05. The molecule has 1 aromatic carbocycles. The molecule has 2 aromatic heterocycles. The van der Waals surface area contributed by atoms with Crippen molar-refractivity contribution in [3.05, 3.63) is 47.3 Å². The monoisotopic (exact) mass is 536 g/mol. The van der Waals surface area contributed by atoms with E-state index in [9.17, 15) is 17.6 Å². The van der Waals surface area contributed by atoms with Gasteiger partial charge in [-0.2, -0.15) is 5.10 Å². The van der Waals surface area contributed by atoms with Gasteiger partial charge in [-0.3, -0.25) is 9.52 Å². The summed E-state index contributed by atoms with van der Waals surface area (Å²) in [7, 11) is -3.31. The zero-order chi connectivity index (χ0) is 27.1. The molecule has 0 bridgehead atoms. The number of fused-ring (bicyclic) bond motifs is 1. The number of aromatic nitrogens is 3. The molecule has 0 radical (unpaired) electrons. The Bertz CT molecular complexity index is 1460. The lowest BCUT2D eigenvalue weighted by molar-refractivity contribution is 0.0530. The van der Waals surface area contributed by atoms with Crippen molar-refractivity contribution in [1.29, 1.82) is 0 Å². The number of carbonyl (C=O) groups is 1. The summed E-state index contributed by atoms with van der Waals surface area (Å²) in [4.78, 5) is 18.0. The highest BCUT2D eigenvalue weighted by atomic mass is 32.2. The number of methoxy groups -OCH3 is 1. The summed E-state index contributed by atoms with van der Waals surface area (Å²) in [6.07, 6.45) is 1.14. The fraction of sp³-hybridized carbons (Fsp3) is 0.435. The third kappa shape index (κ3) is 5.37. The van der Waals surface area contributed by atoms with Crippen LogP contribution in [-0.2, 0) is 24.1 Å². The number of ketones is 1. The van der Waals surface area contributed by atoms with Gasteiger partial charge in [0.1, 0.15) is 23.4 Å². The standard InChI is InChI=1S/C23H27BF2N4O6S/c1-6-9-37(32,33)29-20-17(25)8-7-15(18(20)26)21(31)19-16-10-14(24-35-12-23(3,4)36-24)11-27-22(16)30(28-19)13(2)34-5/h7-8,10-11,13,29H,6,9,12H2,1-5H3. The first-order valence-corrected chi connectivity index (χ1v) is 13.3. The van der Waals surface area contributed by atoms with E-state index in [1.165, 1.54) is 18.0 Å². The van der Waals surface area contributed by atoms with Gasteiger partial charge in [0.05, 0.1) is 28.9 Å². The van der Waals surface area contributed by atoms with Crippen LogP contribution in [0.1, 0.15) is 56.4 Å². The Morgan fingerprint density at radius 3 is 2.70 bits per heavy atom. The number of nitrogens with one attached hydrogen (secondary N) is 1. The van der Waals surface area contributed by atoms with Crippen molar-refractivity contribution in [2.45, 2.75) is 45.9 Å². The number of hydrogen-bond acceptors (Lipinski definition) is 8. The van der Waals surface area contributed by atoms with Gasteiger partial charge in [0.2, 0.25) is 15.8 Å². The molecule has 198 valence electrons. The number of rotatable bonds is 9. The third-order valence-corrected chi connectivity index (χ3v) is 7.28. The number of pyridine rings is 1. The summed E-state index contributed by atoms with van der Waals surface area (Å²) in [5, 5.41) is 4.59. The van der Waals surface area contributed by atoms with Crippen LogP contribution in [0.15, 0.2) is 24.4 Å². The molecule has 1 unspecified atom stereocenters. The van der Waals surface area contributed by atoms with Crippen LogP contribution >= 0.6 is 0 Å². The highest BCUT2D eigenvalue weighted by molar-refractivity contribution is 7.92. The van der Waals surface area contributed by atoms with E-state index in [0.717, 1.165) is 12.1 Å². The first kappa shape index (κ1) is 27.1. The van der Waals surface area contributed by atoms with E-state index in [2.05, 4.69) is 10.1 Å². The molecule has 1 atom stereocenters. The first-order valence-electron chi connectivity index (χ1n) is 11.6. The molecule has 1 aliphatic rings. The Morgan fingerprint density at radius 1 is 1.35 bits per heavy atom. The van der Waals surface area contributed by atoms with Crippen LogP contribution in [0.2, 0.25) is 0 Å². The number of hydrogen-bond donors (Lipinski definition) is 1. The molecule has 37 heavy (non-hydrogen) atoms. The van der Waals surface area contributed by atoms with E-state index < -0.39 is 57.6 Å². The van der Waals surface area contributed by atoms with E-state index >= 15 is 4.39 Å². The van der Waals surface area contributed by atoms with Crippen LogP contribution in [0.3, 0.4) is 0 Å². The van der Waals surface area contributed by atoms with Crippen molar-refractivity contribution in [1.82, 2.24) is 14.8 Å². The maximum Gasteiger partial charge on any atom is 0.496 e. The number of sulfonamides is 1. The van der Waals surface area contributed by atoms with Gasteiger partial charge < -0.3 is 14.0 Å². The predicted molar refractivity (Wildman–Crippen MR) is 133 cm³/mol. The van der Waals surface area contributed by atoms with E-state index in [-0.39, 0.29) is 28.9 Å². The van der Waals surface area contributed by atoms with E-state index in [0.29, 0.717) is 12.1 Å². The Morgan fingerprint density at radius 2 is 2.08 bits per heavy atom. The van der Waals surface area contributed by atoms with E-state index in [1.807, 2.05) is 18.6 Å². The minimum Gasteiger partial charge on any atom is -0.404 e. The van der Waals surface area contributed by atoms with Crippen LogP contribution in [0.5, 0.6) is 0 Å². The van der Waals surface area contributed by atoms with E-state index in [4.69, 9.17) is 14.0 Å². The molecule has 3 heterocycles. The number of halogens is 2. The number of benzene rings is 1. The maximum absolute atomic E-state index is 15.4. The molecular weight excluding hydrogens is 509 g/mol. The van der Waals surface area contributed by atoms with Crippen LogP contribution in [0.25, 0.3) is 11.0 Å². The number of anilines is 1. The minimum absolute atomic E-state index is 0.182. The second-order valence-electron chi connectivity index (χ2n) is 9.32. The molecule has 1 N–H and O–H groups in total. The van der Waals surface area contributed by atoms with Crippen LogP contribution in [0, 0.1) is 11.6 Å². The van der Waals surface area contributed by atoms with Gasteiger partial charge in [0.25, 0.3) is 0 Å². The molecule has 3 aromatic rings.